The molecule has 4 aromatic carbocycles. The van der Waals surface area contributed by atoms with Crippen LogP contribution in [0.5, 0.6) is 0 Å². The highest BCUT2D eigenvalue weighted by Crippen LogP contribution is 2.30. The van der Waals surface area contributed by atoms with E-state index >= 15 is 4.39 Å². The maximum absolute atomic E-state index is 15.1. The van der Waals surface area contributed by atoms with Crippen LogP contribution in [0.4, 0.5) is 4.39 Å². The van der Waals surface area contributed by atoms with Crippen LogP contribution in [0, 0.1) is 5.82 Å². The molecule has 0 saturated carbocycles. The third-order valence-corrected chi connectivity index (χ3v) is 8.72. The number of hydrogen-bond acceptors (Lipinski definition) is 3. The Morgan fingerprint density at radius 3 is 1.87 bits per heavy atom. The van der Waals surface area contributed by atoms with Gasteiger partial charge in [0.1, 0.15) is 5.82 Å². The van der Waals surface area contributed by atoms with Crippen LogP contribution in [-0.4, -0.2) is 35.5 Å². The Balaban J connectivity index is 1.33. The first-order valence-electron chi connectivity index (χ1n) is 15.8. The van der Waals surface area contributed by atoms with E-state index in [1.807, 2.05) is 72.8 Å². The molecule has 6 heteroatoms. The molecule has 1 fully saturated rings. The molecule has 3 N–H and O–H groups in total. The molecular weight excluding hydrogens is 561 g/mol. The number of amides is 2. The van der Waals surface area contributed by atoms with Crippen LogP contribution in [0.1, 0.15) is 70.4 Å². The van der Waals surface area contributed by atoms with E-state index < -0.39 is 11.8 Å². The fourth-order valence-electron chi connectivity index (χ4n) is 6.79. The fourth-order valence-corrected chi connectivity index (χ4v) is 6.79. The zero-order valence-corrected chi connectivity index (χ0v) is 26.9. The predicted octanol–water partition coefficient (Wildman–Crippen LogP) is 7.59. The van der Waals surface area contributed by atoms with Crippen molar-refractivity contribution in [2.45, 2.75) is 76.4 Å². The molecule has 0 aromatic heterocycles. The standard InChI is InChI=1S/C39H44FN3O2/c1-26(31-20-21-33(35(40)22-31)29-14-10-7-11-15-29)36(44)41-25-34(30-18-16-28(17-19-30)27-12-8-6-9-13-27)37(45)42-32-23-38(2,3)43-39(4,5)24-32/h6-22,26,32,34,43H,23-25H2,1-5H3,(H,41,44)(H,42,45)/t26-,34-/m0/s1. The average Bonchev–Trinajstić information content (AvgIpc) is 3.00. The molecule has 1 saturated heterocycles. The summed E-state index contributed by atoms with van der Waals surface area (Å²) in [5.41, 5.74) is 4.58. The van der Waals surface area contributed by atoms with Crippen LogP contribution in [0.3, 0.4) is 0 Å². The number of nitrogens with one attached hydrogen (secondary N) is 3. The molecule has 2 amide bonds. The minimum absolute atomic E-state index is 0.00410. The maximum atomic E-state index is 15.1. The molecule has 0 unspecified atom stereocenters. The first-order chi connectivity index (χ1) is 21.4. The molecule has 234 valence electrons. The summed E-state index contributed by atoms with van der Waals surface area (Å²) in [5.74, 6) is -1.94. The summed E-state index contributed by atoms with van der Waals surface area (Å²) in [7, 11) is 0. The Hall–Kier alpha value is -4.29. The maximum Gasteiger partial charge on any atom is 0.229 e. The second kappa shape index (κ2) is 13.4. The number of carbonyl (C=O) groups excluding carboxylic acids is 2. The zero-order valence-electron chi connectivity index (χ0n) is 26.9. The molecule has 1 aliphatic rings. The molecule has 1 aliphatic heterocycles. The fraction of sp³-hybridized carbons (Fsp3) is 0.333. The van der Waals surface area contributed by atoms with Gasteiger partial charge in [-0.05, 0) is 81.3 Å². The highest BCUT2D eigenvalue weighted by Gasteiger charge is 2.39. The van der Waals surface area contributed by atoms with E-state index in [0.29, 0.717) is 11.1 Å². The van der Waals surface area contributed by atoms with Crippen LogP contribution in [0.25, 0.3) is 22.3 Å². The summed E-state index contributed by atoms with van der Waals surface area (Å²) in [4.78, 5) is 27.3. The molecule has 0 spiro atoms. The van der Waals surface area contributed by atoms with Gasteiger partial charge in [-0.15, -0.1) is 0 Å². The Morgan fingerprint density at radius 2 is 1.29 bits per heavy atom. The lowest BCUT2D eigenvalue weighted by molar-refractivity contribution is -0.124. The van der Waals surface area contributed by atoms with Gasteiger partial charge in [-0.25, -0.2) is 4.39 Å². The van der Waals surface area contributed by atoms with E-state index in [9.17, 15) is 9.59 Å². The number of benzene rings is 4. The van der Waals surface area contributed by atoms with E-state index in [0.717, 1.165) is 35.1 Å². The second-order valence-corrected chi connectivity index (χ2v) is 13.6. The topological polar surface area (TPSA) is 70.2 Å². The normalized spacial score (nSPS) is 17.2. The van der Waals surface area contributed by atoms with Gasteiger partial charge in [-0.3, -0.25) is 9.59 Å². The van der Waals surface area contributed by atoms with Gasteiger partial charge in [0.25, 0.3) is 0 Å². The zero-order chi connectivity index (χ0) is 32.2. The van der Waals surface area contributed by atoms with Crippen molar-refractivity contribution >= 4 is 11.8 Å². The minimum Gasteiger partial charge on any atom is -0.354 e. The van der Waals surface area contributed by atoms with Gasteiger partial charge in [0.15, 0.2) is 0 Å². The lowest BCUT2D eigenvalue weighted by Gasteiger charge is -2.46. The van der Waals surface area contributed by atoms with E-state index in [4.69, 9.17) is 0 Å². The van der Waals surface area contributed by atoms with Crippen molar-refractivity contribution in [1.29, 1.82) is 0 Å². The van der Waals surface area contributed by atoms with E-state index in [-0.39, 0.29) is 41.3 Å². The first-order valence-corrected chi connectivity index (χ1v) is 15.8. The van der Waals surface area contributed by atoms with Crippen molar-refractivity contribution in [2.75, 3.05) is 6.54 Å². The second-order valence-electron chi connectivity index (χ2n) is 13.6. The van der Waals surface area contributed by atoms with E-state index in [1.54, 1.807) is 19.1 Å². The largest absolute Gasteiger partial charge is 0.354 e. The number of halogens is 1. The van der Waals surface area contributed by atoms with Crippen molar-refractivity contribution in [3.05, 3.63) is 120 Å². The van der Waals surface area contributed by atoms with E-state index in [2.05, 4.69) is 55.8 Å². The number of piperidine rings is 1. The van der Waals surface area contributed by atoms with Crippen LogP contribution >= 0.6 is 0 Å². The van der Waals surface area contributed by atoms with Crippen LogP contribution < -0.4 is 16.0 Å². The lowest BCUT2D eigenvalue weighted by Crippen LogP contribution is -2.62. The van der Waals surface area contributed by atoms with Crippen LogP contribution in [-0.2, 0) is 9.59 Å². The Labute approximate surface area is 266 Å². The van der Waals surface area contributed by atoms with Gasteiger partial charge in [0.05, 0.1) is 11.8 Å². The van der Waals surface area contributed by atoms with Crippen LogP contribution in [0.15, 0.2) is 103 Å². The van der Waals surface area contributed by atoms with Crippen molar-refractivity contribution in [2.24, 2.45) is 0 Å². The highest BCUT2D eigenvalue weighted by molar-refractivity contribution is 5.87. The molecule has 5 nitrogen and oxygen atoms in total. The molecule has 2 atom stereocenters. The molecule has 45 heavy (non-hydrogen) atoms. The molecule has 1 heterocycles. The molecule has 0 radical (unpaired) electrons. The van der Waals surface area contributed by atoms with Gasteiger partial charge in [0.2, 0.25) is 11.8 Å². The third-order valence-electron chi connectivity index (χ3n) is 8.72. The first kappa shape index (κ1) is 32.1. The van der Waals surface area contributed by atoms with Gasteiger partial charge >= 0.3 is 0 Å². The number of carbonyl (C=O) groups is 2. The van der Waals surface area contributed by atoms with Gasteiger partial charge in [-0.1, -0.05) is 97.1 Å². The van der Waals surface area contributed by atoms with Crippen molar-refractivity contribution in [3.8, 4) is 22.3 Å². The summed E-state index contributed by atoms with van der Waals surface area (Å²) in [6.45, 7) is 10.5. The summed E-state index contributed by atoms with van der Waals surface area (Å²) >= 11 is 0. The summed E-state index contributed by atoms with van der Waals surface area (Å²) in [6.07, 6.45) is 1.60. The predicted molar refractivity (Wildman–Crippen MR) is 180 cm³/mol. The minimum atomic E-state index is -0.598. The quantitative estimate of drug-likeness (QED) is 0.184. The molecule has 5 rings (SSSR count). The highest BCUT2D eigenvalue weighted by atomic mass is 19.1. The average molecular weight is 606 g/mol. The lowest BCUT2D eigenvalue weighted by atomic mass is 9.79. The summed E-state index contributed by atoms with van der Waals surface area (Å²) in [6, 6.07) is 32.3. The van der Waals surface area contributed by atoms with Gasteiger partial charge in [0, 0.05) is 29.2 Å². The van der Waals surface area contributed by atoms with Gasteiger partial charge in [-0.2, -0.15) is 0 Å². The monoisotopic (exact) mass is 605 g/mol. The van der Waals surface area contributed by atoms with Gasteiger partial charge < -0.3 is 16.0 Å². The molecule has 4 aromatic rings. The molecule has 0 aliphatic carbocycles. The number of hydrogen-bond donors (Lipinski definition) is 3. The third kappa shape index (κ3) is 8.06. The number of rotatable bonds is 9. The molecular formula is C39H44FN3O2. The summed E-state index contributed by atoms with van der Waals surface area (Å²) in [5, 5.41) is 9.98. The summed E-state index contributed by atoms with van der Waals surface area (Å²) < 4.78 is 15.1. The SMILES string of the molecule is C[C@H](C(=O)NC[C@H](C(=O)NC1CC(C)(C)NC(C)(C)C1)c1ccc(-c2ccccc2)cc1)c1ccc(-c2ccccc2)c(F)c1. The van der Waals surface area contributed by atoms with Crippen molar-refractivity contribution in [3.63, 3.8) is 0 Å². The molecule has 0 bridgehead atoms. The Bertz CT molecular complexity index is 1600. The van der Waals surface area contributed by atoms with Crippen LogP contribution in [0.2, 0.25) is 0 Å². The van der Waals surface area contributed by atoms with Crippen molar-refractivity contribution < 1.29 is 14.0 Å². The van der Waals surface area contributed by atoms with Crippen molar-refractivity contribution in [1.82, 2.24) is 16.0 Å². The smallest absolute Gasteiger partial charge is 0.229 e. The Kier molecular flexibility index (Phi) is 9.54. The Morgan fingerprint density at radius 1 is 0.756 bits per heavy atom. The van der Waals surface area contributed by atoms with E-state index in [1.165, 1.54) is 6.07 Å².